The maximum Gasteiger partial charge on any atom is 0.352 e. The van der Waals surface area contributed by atoms with Crippen molar-refractivity contribution in [2.75, 3.05) is 21.3 Å². The molecule has 158 valence electrons. The fourth-order valence-corrected chi connectivity index (χ4v) is 3.15. The van der Waals surface area contributed by atoms with E-state index in [1.54, 1.807) is 38.5 Å². The van der Waals surface area contributed by atoms with Gasteiger partial charge in [0.2, 0.25) is 0 Å². The molecule has 0 aliphatic rings. The first kappa shape index (κ1) is 20.1. The van der Waals surface area contributed by atoms with Gasteiger partial charge in [-0.1, -0.05) is 0 Å². The molecule has 0 amide bonds. The number of ether oxygens (including phenoxy) is 3. The maximum absolute atomic E-state index is 13.1. The molecule has 0 atom stereocenters. The fourth-order valence-electron chi connectivity index (χ4n) is 3.15. The van der Waals surface area contributed by atoms with Crippen LogP contribution in [0, 0.1) is 0 Å². The summed E-state index contributed by atoms with van der Waals surface area (Å²) in [5, 5.41) is 12.6. The number of fused-ring (bicyclic) bond motifs is 1. The van der Waals surface area contributed by atoms with Crippen molar-refractivity contribution >= 4 is 11.7 Å². The third-order valence-electron chi connectivity index (χ3n) is 4.74. The number of carbonyl (C=O) groups is 1. The smallest absolute Gasteiger partial charge is 0.352 e. The van der Waals surface area contributed by atoms with Crippen molar-refractivity contribution < 1.29 is 19.0 Å². The number of rotatable bonds is 6. The van der Waals surface area contributed by atoms with Gasteiger partial charge in [0, 0.05) is 11.1 Å². The second-order valence-electron chi connectivity index (χ2n) is 6.51. The van der Waals surface area contributed by atoms with Gasteiger partial charge in [0.25, 0.3) is 5.78 Å². The lowest BCUT2D eigenvalue weighted by atomic mass is 10.0. The predicted octanol–water partition coefficient (Wildman–Crippen LogP) is 1.81. The molecule has 0 bridgehead atoms. The van der Waals surface area contributed by atoms with E-state index in [4.69, 9.17) is 9.47 Å². The van der Waals surface area contributed by atoms with Crippen molar-refractivity contribution in [1.82, 2.24) is 24.4 Å². The summed E-state index contributed by atoms with van der Waals surface area (Å²) >= 11 is 0. The number of carbonyl (C=O) groups excluding carboxylic acids is 1. The minimum atomic E-state index is -0.597. The normalized spacial score (nSPS) is 10.8. The Morgan fingerprint density at radius 2 is 1.45 bits per heavy atom. The molecule has 0 radical (unpaired) electrons. The van der Waals surface area contributed by atoms with Crippen LogP contribution in [-0.4, -0.2) is 51.7 Å². The van der Waals surface area contributed by atoms with Crippen molar-refractivity contribution in [1.29, 1.82) is 0 Å². The lowest BCUT2D eigenvalue weighted by Gasteiger charge is -2.11. The number of methoxy groups -OCH3 is 3. The maximum atomic E-state index is 13.1. The van der Waals surface area contributed by atoms with E-state index in [1.807, 2.05) is 24.3 Å². The molecule has 0 fully saturated rings. The van der Waals surface area contributed by atoms with E-state index in [1.165, 1.54) is 11.5 Å². The summed E-state index contributed by atoms with van der Waals surface area (Å²) in [5.41, 5.74) is 1.86. The fraction of sp³-hybridized carbons (Fsp3) is 0.190. The second-order valence-corrected chi connectivity index (χ2v) is 6.51. The Hall–Kier alpha value is -4.21. The number of hydrogen-bond donors (Lipinski definition) is 0. The van der Waals surface area contributed by atoms with E-state index in [0.29, 0.717) is 28.5 Å². The molecule has 10 nitrogen and oxygen atoms in total. The van der Waals surface area contributed by atoms with Gasteiger partial charge in [0.05, 0.1) is 27.0 Å². The zero-order chi connectivity index (χ0) is 22.0. The van der Waals surface area contributed by atoms with E-state index < -0.39 is 11.7 Å². The topological polar surface area (TPSA) is 110 Å². The molecule has 4 aromatic rings. The zero-order valence-corrected chi connectivity index (χ0v) is 17.1. The van der Waals surface area contributed by atoms with Gasteiger partial charge in [-0.05, 0) is 48.5 Å². The Kier molecular flexibility index (Phi) is 5.35. The predicted molar refractivity (Wildman–Crippen MR) is 111 cm³/mol. The Labute approximate surface area is 176 Å². The van der Waals surface area contributed by atoms with Crippen LogP contribution in [0.5, 0.6) is 11.5 Å². The minimum absolute atomic E-state index is 0.0667. The van der Waals surface area contributed by atoms with E-state index in [2.05, 4.69) is 20.0 Å². The summed E-state index contributed by atoms with van der Waals surface area (Å²) in [5.74, 6) is 0.824. The first-order chi connectivity index (χ1) is 15.0. The molecule has 2 heterocycles. The second kappa shape index (κ2) is 8.27. The molecule has 0 spiro atoms. The summed E-state index contributed by atoms with van der Waals surface area (Å²) in [6.07, 6.45) is 0. The van der Waals surface area contributed by atoms with Gasteiger partial charge in [0.15, 0.2) is 0 Å². The molecular weight excluding hydrogens is 402 g/mol. The Balaban J connectivity index is 1.98. The van der Waals surface area contributed by atoms with Gasteiger partial charge in [-0.3, -0.25) is 4.79 Å². The number of benzene rings is 2. The SMILES string of the molecule is COC(=O)Cn1nc2nnc(-c3ccc(OC)cc3)c(-c3ccc(OC)cc3)n2c1=O. The number of aromatic nitrogens is 5. The zero-order valence-electron chi connectivity index (χ0n) is 17.1. The molecule has 10 heteroatoms. The quantitative estimate of drug-likeness (QED) is 0.434. The largest absolute Gasteiger partial charge is 0.497 e. The molecule has 0 unspecified atom stereocenters. The van der Waals surface area contributed by atoms with Gasteiger partial charge in [-0.2, -0.15) is 4.68 Å². The Bertz CT molecular complexity index is 1290. The van der Waals surface area contributed by atoms with Crippen LogP contribution in [0.2, 0.25) is 0 Å². The molecule has 0 aliphatic carbocycles. The molecule has 2 aromatic heterocycles. The van der Waals surface area contributed by atoms with Gasteiger partial charge in [-0.25, -0.2) is 9.20 Å². The molecule has 31 heavy (non-hydrogen) atoms. The molecular formula is C21H19N5O5. The molecule has 0 aliphatic heterocycles. The highest BCUT2D eigenvalue weighted by atomic mass is 16.5. The summed E-state index contributed by atoms with van der Waals surface area (Å²) in [6, 6.07) is 14.4. The number of esters is 1. The van der Waals surface area contributed by atoms with Crippen molar-refractivity contribution in [2.24, 2.45) is 0 Å². The van der Waals surface area contributed by atoms with Gasteiger partial charge in [0.1, 0.15) is 23.7 Å². The highest BCUT2D eigenvalue weighted by Crippen LogP contribution is 2.31. The molecule has 0 saturated heterocycles. The summed E-state index contributed by atoms with van der Waals surface area (Å²) in [7, 11) is 4.40. The third kappa shape index (κ3) is 3.70. The average Bonchev–Trinajstić information content (AvgIpc) is 3.13. The summed E-state index contributed by atoms with van der Waals surface area (Å²) in [6.45, 7) is -0.335. The third-order valence-corrected chi connectivity index (χ3v) is 4.74. The highest BCUT2D eigenvalue weighted by molar-refractivity contribution is 5.79. The van der Waals surface area contributed by atoms with Gasteiger partial charge in [-0.15, -0.1) is 15.3 Å². The first-order valence-electron chi connectivity index (χ1n) is 9.27. The van der Waals surface area contributed by atoms with E-state index in [0.717, 1.165) is 10.2 Å². The van der Waals surface area contributed by atoms with Crippen molar-refractivity contribution in [3.63, 3.8) is 0 Å². The van der Waals surface area contributed by atoms with E-state index >= 15 is 0 Å². The summed E-state index contributed by atoms with van der Waals surface area (Å²) in [4.78, 5) is 24.8. The van der Waals surface area contributed by atoms with Crippen molar-refractivity contribution in [3.05, 3.63) is 59.0 Å². The average molecular weight is 421 g/mol. The van der Waals surface area contributed by atoms with Crippen molar-refractivity contribution in [3.8, 4) is 34.0 Å². The van der Waals surface area contributed by atoms with Crippen LogP contribution in [0.3, 0.4) is 0 Å². The first-order valence-corrected chi connectivity index (χ1v) is 9.27. The van der Waals surface area contributed by atoms with Crippen LogP contribution in [0.1, 0.15) is 0 Å². The highest BCUT2D eigenvalue weighted by Gasteiger charge is 2.21. The lowest BCUT2D eigenvalue weighted by molar-refractivity contribution is -0.141. The monoisotopic (exact) mass is 421 g/mol. The minimum Gasteiger partial charge on any atom is -0.497 e. The molecule has 0 saturated carbocycles. The van der Waals surface area contributed by atoms with E-state index in [9.17, 15) is 9.59 Å². The van der Waals surface area contributed by atoms with Crippen LogP contribution in [0.4, 0.5) is 0 Å². The van der Waals surface area contributed by atoms with Gasteiger partial charge < -0.3 is 14.2 Å². The number of hydrogen-bond acceptors (Lipinski definition) is 8. The standard InChI is InChI=1S/C21H19N5O5/c1-29-15-8-4-13(5-9-15)18-19(14-6-10-16(30-2)11-7-14)26-20(23-22-18)24-25(21(26)28)12-17(27)31-3/h4-11H,12H2,1-3H3. The van der Waals surface area contributed by atoms with Crippen LogP contribution in [0.15, 0.2) is 53.3 Å². The van der Waals surface area contributed by atoms with Crippen LogP contribution < -0.4 is 15.2 Å². The van der Waals surface area contributed by atoms with Crippen LogP contribution in [-0.2, 0) is 16.1 Å². The Morgan fingerprint density at radius 3 is 2.00 bits per heavy atom. The molecule has 4 rings (SSSR count). The van der Waals surface area contributed by atoms with Crippen LogP contribution in [0.25, 0.3) is 28.3 Å². The summed E-state index contributed by atoms with van der Waals surface area (Å²) < 4.78 is 17.4. The van der Waals surface area contributed by atoms with Crippen LogP contribution >= 0.6 is 0 Å². The molecule has 2 aromatic carbocycles. The van der Waals surface area contributed by atoms with Crippen molar-refractivity contribution in [2.45, 2.75) is 6.54 Å². The number of nitrogens with zero attached hydrogens (tertiary/aromatic N) is 5. The molecule has 0 N–H and O–H groups in total. The van der Waals surface area contributed by atoms with Gasteiger partial charge >= 0.3 is 11.7 Å². The van der Waals surface area contributed by atoms with E-state index in [-0.39, 0.29) is 12.3 Å². The lowest BCUT2D eigenvalue weighted by Crippen LogP contribution is -2.26. The Morgan fingerprint density at radius 1 is 0.871 bits per heavy atom.